The van der Waals surface area contributed by atoms with Crippen molar-refractivity contribution in [1.29, 1.82) is 0 Å². The van der Waals surface area contributed by atoms with E-state index in [9.17, 15) is 5.11 Å². The summed E-state index contributed by atoms with van der Waals surface area (Å²) in [6.45, 7) is 20.9. The Labute approximate surface area is 193 Å². The molecule has 1 N–H and O–H groups in total. The van der Waals surface area contributed by atoms with E-state index in [1.165, 1.54) is 64.2 Å². The van der Waals surface area contributed by atoms with E-state index in [1.807, 2.05) is 0 Å². The molecule has 0 bridgehead atoms. The van der Waals surface area contributed by atoms with Crippen LogP contribution in [0.1, 0.15) is 126 Å². The van der Waals surface area contributed by atoms with Crippen LogP contribution < -0.4 is 0 Å². The van der Waals surface area contributed by atoms with E-state index in [2.05, 4.69) is 55.4 Å². The van der Waals surface area contributed by atoms with Crippen molar-refractivity contribution in [1.82, 2.24) is 0 Å². The average Bonchev–Trinajstić information content (AvgIpc) is 2.69. The van der Waals surface area contributed by atoms with Gasteiger partial charge in [0.1, 0.15) is 0 Å². The number of hydrogen-bond donors (Lipinski definition) is 1. The zero-order valence-electron chi connectivity index (χ0n) is 22.1. The molecule has 0 heterocycles. The van der Waals surface area contributed by atoms with Gasteiger partial charge < -0.3 is 5.11 Å². The van der Waals surface area contributed by atoms with E-state index >= 15 is 0 Å². The fraction of sp³-hybridized carbons (Fsp3) is 1.00. The summed E-state index contributed by atoms with van der Waals surface area (Å²) < 4.78 is 0. The van der Waals surface area contributed by atoms with E-state index in [1.54, 1.807) is 0 Å². The van der Waals surface area contributed by atoms with Crippen LogP contribution in [0.3, 0.4) is 0 Å². The Balaban J connectivity index is 1.54. The molecule has 0 aromatic heterocycles. The summed E-state index contributed by atoms with van der Waals surface area (Å²) >= 11 is 0. The molecule has 0 spiro atoms. The molecular weight excluding hydrogens is 376 g/mol. The van der Waals surface area contributed by atoms with Crippen LogP contribution >= 0.6 is 0 Å². The molecule has 178 valence electrons. The third kappa shape index (κ3) is 2.77. The SMILES string of the molecule is C[C@@H]1[C@H](O)CC[C@@H]2[C@]1(C)CC[C@H]1[C@]2(C)CC[C@@]2(C)[C@@H]3CC(C)(C)CC[C@]3(C)CC[C@]12C. The topological polar surface area (TPSA) is 20.2 Å². The number of aliphatic hydroxyl groups excluding tert-OH is 1. The largest absolute Gasteiger partial charge is 0.393 e. The van der Waals surface area contributed by atoms with Crippen molar-refractivity contribution in [3.63, 3.8) is 0 Å². The fourth-order valence-corrected chi connectivity index (χ4v) is 11.4. The molecule has 0 aromatic rings. The maximum Gasteiger partial charge on any atom is 0.0571 e. The monoisotopic (exact) mass is 428 g/mol. The van der Waals surface area contributed by atoms with Crippen LogP contribution in [-0.4, -0.2) is 11.2 Å². The van der Waals surface area contributed by atoms with E-state index in [0.29, 0.717) is 38.4 Å². The first-order valence-corrected chi connectivity index (χ1v) is 13.9. The lowest BCUT2D eigenvalue weighted by Crippen LogP contribution is -2.67. The number of rotatable bonds is 0. The number of fused-ring (bicyclic) bond motifs is 7. The lowest BCUT2D eigenvalue weighted by molar-refractivity contribution is -0.263. The van der Waals surface area contributed by atoms with Crippen molar-refractivity contribution in [2.45, 2.75) is 132 Å². The molecule has 0 amide bonds. The predicted molar refractivity (Wildman–Crippen MR) is 131 cm³/mol. The standard InChI is InChI=1S/C30H52O/c1-20-21(31)9-10-22-27(20,5)12-11-23-28(22,6)16-18-30(8)24-19-25(2,3)13-14-26(24,4)15-17-29(23,30)7/h20-24,31H,9-19H2,1-8H3/t20-,21-,22-,23+,24-,26-,27-,28-,29-,30+/m1/s1. The third-order valence-corrected chi connectivity index (χ3v) is 13.9. The third-order valence-electron chi connectivity index (χ3n) is 13.9. The molecule has 0 radical (unpaired) electrons. The average molecular weight is 429 g/mol. The van der Waals surface area contributed by atoms with Crippen molar-refractivity contribution in [2.75, 3.05) is 0 Å². The first-order chi connectivity index (χ1) is 14.2. The Morgan fingerprint density at radius 2 is 1.19 bits per heavy atom. The van der Waals surface area contributed by atoms with Crippen LogP contribution in [0.5, 0.6) is 0 Å². The van der Waals surface area contributed by atoms with Gasteiger partial charge in [-0.3, -0.25) is 0 Å². The minimum Gasteiger partial charge on any atom is -0.393 e. The highest BCUT2D eigenvalue weighted by Crippen LogP contribution is 2.78. The van der Waals surface area contributed by atoms with Crippen molar-refractivity contribution in [2.24, 2.45) is 56.2 Å². The molecule has 1 heteroatoms. The highest BCUT2D eigenvalue weighted by Gasteiger charge is 2.70. The predicted octanol–water partition coefficient (Wildman–Crippen LogP) is 8.25. The zero-order chi connectivity index (χ0) is 22.7. The summed E-state index contributed by atoms with van der Waals surface area (Å²) in [6, 6.07) is 0. The second kappa shape index (κ2) is 6.55. The van der Waals surface area contributed by atoms with Crippen molar-refractivity contribution in [3.8, 4) is 0 Å². The molecule has 0 saturated heterocycles. The quantitative estimate of drug-likeness (QED) is 0.412. The van der Waals surface area contributed by atoms with Gasteiger partial charge in [-0.15, -0.1) is 0 Å². The van der Waals surface area contributed by atoms with Crippen LogP contribution in [0.15, 0.2) is 0 Å². The van der Waals surface area contributed by atoms with Gasteiger partial charge in [0.05, 0.1) is 6.10 Å². The van der Waals surface area contributed by atoms with Gasteiger partial charge >= 0.3 is 0 Å². The van der Waals surface area contributed by atoms with Gasteiger partial charge in [-0.05, 0) is 127 Å². The summed E-state index contributed by atoms with van der Waals surface area (Å²) in [5.41, 5.74) is 2.88. The molecule has 5 fully saturated rings. The minimum atomic E-state index is -0.0781. The van der Waals surface area contributed by atoms with E-state index in [4.69, 9.17) is 0 Å². The number of aliphatic hydroxyl groups is 1. The normalized spacial score (nSPS) is 60.9. The molecule has 1 nitrogen and oxygen atoms in total. The van der Waals surface area contributed by atoms with Crippen LogP contribution in [-0.2, 0) is 0 Å². The Hall–Kier alpha value is -0.0400. The molecule has 5 aliphatic carbocycles. The lowest BCUT2D eigenvalue weighted by Gasteiger charge is -2.75. The minimum absolute atomic E-state index is 0.0781. The smallest absolute Gasteiger partial charge is 0.0571 e. The van der Waals surface area contributed by atoms with Crippen LogP contribution in [0.25, 0.3) is 0 Å². The number of hydrogen-bond acceptors (Lipinski definition) is 1. The highest BCUT2D eigenvalue weighted by molar-refractivity contribution is 5.19. The molecule has 0 aliphatic heterocycles. The van der Waals surface area contributed by atoms with Gasteiger partial charge in [0.25, 0.3) is 0 Å². The Morgan fingerprint density at radius 3 is 1.90 bits per heavy atom. The first kappa shape index (κ1) is 22.7. The fourth-order valence-electron chi connectivity index (χ4n) is 11.4. The van der Waals surface area contributed by atoms with Gasteiger partial charge in [-0.1, -0.05) is 55.4 Å². The molecule has 5 aliphatic rings. The highest BCUT2D eigenvalue weighted by atomic mass is 16.3. The molecule has 5 saturated carbocycles. The molecule has 0 unspecified atom stereocenters. The summed E-state index contributed by atoms with van der Waals surface area (Å²) in [5, 5.41) is 10.7. The Bertz CT molecular complexity index is 741. The summed E-state index contributed by atoms with van der Waals surface area (Å²) in [5.74, 6) is 3.02. The second-order valence-corrected chi connectivity index (χ2v) is 15.5. The molecule has 0 aromatic carbocycles. The lowest BCUT2D eigenvalue weighted by atomic mass is 9.30. The van der Waals surface area contributed by atoms with Crippen molar-refractivity contribution >= 4 is 0 Å². The van der Waals surface area contributed by atoms with Crippen LogP contribution in [0.4, 0.5) is 0 Å². The van der Waals surface area contributed by atoms with Gasteiger partial charge in [-0.25, -0.2) is 0 Å². The summed E-state index contributed by atoms with van der Waals surface area (Å²) in [6.07, 6.45) is 15.1. The first-order valence-electron chi connectivity index (χ1n) is 13.9. The molecule has 5 rings (SSSR count). The second-order valence-electron chi connectivity index (χ2n) is 15.5. The van der Waals surface area contributed by atoms with Gasteiger partial charge in [0, 0.05) is 0 Å². The maximum atomic E-state index is 10.7. The van der Waals surface area contributed by atoms with Gasteiger partial charge in [0.15, 0.2) is 0 Å². The van der Waals surface area contributed by atoms with Gasteiger partial charge in [0.2, 0.25) is 0 Å². The van der Waals surface area contributed by atoms with E-state index < -0.39 is 0 Å². The molecular formula is C30H52O. The summed E-state index contributed by atoms with van der Waals surface area (Å²) in [7, 11) is 0. The molecule has 10 atom stereocenters. The Morgan fingerprint density at radius 1 is 0.581 bits per heavy atom. The van der Waals surface area contributed by atoms with Crippen molar-refractivity contribution in [3.05, 3.63) is 0 Å². The van der Waals surface area contributed by atoms with Gasteiger partial charge in [-0.2, -0.15) is 0 Å². The van der Waals surface area contributed by atoms with Crippen LogP contribution in [0, 0.1) is 56.2 Å². The zero-order valence-corrected chi connectivity index (χ0v) is 22.1. The van der Waals surface area contributed by atoms with Crippen molar-refractivity contribution < 1.29 is 5.11 Å². The van der Waals surface area contributed by atoms with Crippen LogP contribution in [0.2, 0.25) is 0 Å². The summed E-state index contributed by atoms with van der Waals surface area (Å²) in [4.78, 5) is 0. The Kier molecular flexibility index (Phi) is 4.80. The maximum absolute atomic E-state index is 10.7. The van der Waals surface area contributed by atoms with E-state index in [0.717, 1.165) is 24.2 Å². The van der Waals surface area contributed by atoms with E-state index in [-0.39, 0.29) is 6.10 Å². The molecule has 31 heavy (non-hydrogen) atoms.